The van der Waals surface area contributed by atoms with Crippen LogP contribution in [0.15, 0.2) is 24.3 Å². The van der Waals surface area contributed by atoms with E-state index in [2.05, 4.69) is 0 Å². The summed E-state index contributed by atoms with van der Waals surface area (Å²) in [6.45, 7) is 0. The Bertz CT molecular complexity index is 326. The molecule has 7 N–H and O–H groups in total. The average Bonchev–Trinajstić information content (AvgIpc) is 1.86. The van der Waals surface area contributed by atoms with Crippen LogP contribution in [0.1, 0.15) is 0 Å². The Balaban J connectivity index is -0.000000403. The van der Waals surface area contributed by atoms with Crippen LogP contribution in [0.5, 0.6) is 0 Å². The van der Waals surface area contributed by atoms with Gasteiger partial charge >= 0.3 is 0 Å². The van der Waals surface area contributed by atoms with E-state index >= 15 is 0 Å². The van der Waals surface area contributed by atoms with Gasteiger partial charge in [-0.1, -0.05) is 18.2 Å². The molecule has 8 heteroatoms. The summed E-state index contributed by atoms with van der Waals surface area (Å²) in [6.07, 6.45) is 5.07. The predicted octanol–water partition coefficient (Wildman–Crippen LogP) is -2.54. The molecule has 0 saturated carbocycles. The number of hydrogen-bond donors (Lipinski definition) is 1. The van der Waals surface area contributed by atoms with Gasteiger partial charge < -0.3 is 16.4 Å². The molecule has 0 fully saturated rings. The van der Waals surface area contributed by atoms with Crippen LogP contribution in [0.25, 0.3) is 0 Å². The van der Waals surface area contributed by atoms with Crippen molar-refractivity contribution in [2.24, 2.45) is 0 Å². The van der Waals surface area contributed by atoms with Crippen molar-refractivity contribution in [3.05, 3.63) is 24.3 Å². The van der Waals surface area contributed by atoms with Crippen molar-refractivity contribution < 1.29 is 34.2 Å². The first-order valence-electron chi connectivity index (χ1n) is 2.87. The van der Waals surface area contributed by atoms with E-state index in [1.807, 2.05) is 0 Å². The lowest BCUT2D eigenvalue weighted by Gasteiger charge is -2.06. The molecule has 0 spiro atoms. The summed E-state index contributed by atoms with van der Waals surface area (Å²) in [4.78, 5) is 10.8. The zero-order valence-electron chi connectivity index (χ0n) is 6.97. The number of rotatable bonds is 1. The Labute approximate surface area is 80.4 Å². The van der Waals surface area contributed by atoms with E-state index in [1.165, 1.54) is 12.2 Å². The SMILES string of the molecule is O.O.O.O=C1C=CC=CC1S(=O)(=O)O. The minimum absolute atomic E-state index is 0. The summed E-state index contributed by atoms with van der Waals surface area (Å²) in [6, 6.07) is 0. The van der Waals surface area contributed by atoms with Gasteiger partial charge in [-0.25, -0.2) is 0 Å². The number of carbonyl (C=O) groups excluding carboxylic acids is 1. The van der Waals surface area contributed by atoms with Gasteiger partial charge in [-0.2, -0.15) is 8.42 Å². The third-order valence-electron chi connectivity index (χ3n) is 1.26. The molecular formula is C6H12O7S. The lowest BCUT2D eigenvalue weighted by molar-refractivity contribution is -0.113. The summed E-state index contributed by atoms with van der Waals surface area (Å²) in [7, 11) is -4.26. The standard InChI is InChI=1S/C6H6O4S.3H2O/c7-5-3-1-2-4-6(5)11(8,9)10;;;/h1-4,6H,(H,8,9,10);3*1H2. The number of carbonyl (C=O) groups is 1. The second kappa shape index (κ2) is 6.40. The quantitative estimate of drug-likeness (QED) is 0.488. The molecule has 0 aromatic rings. The van der Waals surface area contributed by atoms with E-state index in [1.54, 1.807) is 0 Å². The van der Waals surface area contributed by atoms with Gasteiger partial charge in [-0.05, 0) is 6.08 Å². The van der Waals surface area contributed by atoms with Crippen LogP contribution in [-0.4, -0.2) is 40.4 Å². The number of hydrogen-bond acceptors (Lipinski definition) is 3. The maximum atomic E-state index is 10.8. The second-order valence-electron chi connectivity index (χ2n) is 2.08. The zero-order valence-corrected chi connectivity index (χ0v) is 7.78. The van der Waals surface area contributed by atoms with Crippen molar-refractivity contribution in [1.82, 2.24) is 0 Å². The zero-order chi connectivity index (χ0) is 8.48. The third kappa shape index (κ3) is 4.25. The Kier molecular flexibility index (Phi) is 8.54. The minimum Gasteiger partial charge on any atom is -0.412 e. The fourth-order valence-electron chi connectivity index (χ4n) is 0.751. The summed E-state index contributed by atoms with van der Waals surface area (Å²) in [5.41, 5.74) is 0. The molecule has 84 valence electrons. The van der Waals surface area contributed by atoms with Gasteiger partial charge in [0.25, 0.3) is 10.1 Å². The highest BCUT2D eigenvalue weighted by Gasteiger charge is 2.27. The maximum absolute atomic E-state index is 10.8. The molecule has 1 aliphatic rings. The highest BCUT2D eigenvalue weighted by Crippen LogP contribution is 2.07. The van der Waals surface area contributed by atoms with Gasteiger partial charge in [-0.3, -0.25) is 9.35 Å². The largest absolute Gasteiger partial charge is 0.412 e. The first-order chi connectivity index (χ1) is 5.02. The Morgan fingerprint density at radius 1 is 1.14 bits per heavy atom. The second-order valence-corrected chi connectivity index (χ2v) is 3.62. The van der Waals surface area contributed by atoms with Crippen LogP contribution in [0, 0.1) is 0 Å². The lowest BCUT2D eigenvalue weighted by atomic mass is 10.2. The van der Waals surface area contributed by atoms with E-state index in [-0.39, 0.29) is 16.4 Å². The molecule has 0 heterocycles. The van der Waals surface area contributed by atoms with Crippen molar-refractivity contribution in [2.45, 2.75) is 5.25 Å². The molecule has 0 aromatic heterocycles. The fourth-order valence-corrected chi connectivity index (χ4v) is 1.41. The van der Waals surface area contributed by atoms with Gasteiger partial charge in [-0.15, -0.1) is 0 Å². The normalized spacial score (nSPS) is 18.9. The van der Waals surface area contributed by atoms with Crippen LogP contribution in [0.4, 0.5) is 0 Å². The van der Waals surface area contributed by atoms with Gasteiger partial charge in [0.1, 0.15) is 0 Å². The van der Waals surface area contributed by atoms with Crippen molar-refractivity contribution >= 4 is 15.9 Å². The monoisotopic (exact) mass is 228 g/mol. The number of ketones is 1. The van der Waals surface area contributed by atoms with E-state index in [0.717, 1.165) is 12.2 Å². The molecule has 0 aliphatic heterocycles. The molecule has 1 aliphatic carbocycles. The summed E-state index contributed by atoms with van der Waals surface area (Å²) >= 11 is 0. The van der Waals surface area contributed by atoms with Gasteiger partial charge in [0.2, 0.25) is 0 Å². The van der Waals surface area contributed by atoms with E-state index < -0.39 is 21.2 Å². The van der Waals surface area contributed by atoms with Gasteiger partial charge in [0, 0.05) is 0 Å². The average molecular weight is 228 g/mol. The van der Waals surface area contributed by atoms with Crippen LogP contribution in [0.3, 0.4) is 0 Å². The molecule has 0 radical (unpaired) electrons. The van der Waals surface area contributed by atoms with Crippen molar-refractivity contribution in [3.8, 4) is 0 Å². The predicted molar refractivity (Wildman–Crippen MR) is 49.5 cm³/mol. The van der Waals surface area contributed by atoms with Crippen LogP contribution in [-0.2, 0) is 14.9 Å². The Hall–Kier alpha value is -1.06. The summed E-state index contributed by atoms with van der Waals surface area (Å²) in [5.74, 6) is -0.616. The molecule has 1 rings (SSSR count). The van der Waals surface area contributed by atoms with Gasteiger partial charge in [0.15, 0.2) is 11.0 Å². The highest BCUT2D eigenvalue weighted by atomic mass is 32.2. The molecule has 0 bridgehead atoms. The van der Waals surface area contributed by atoms with E-state index in [0.29, 0.717) is 0 Å². The molecule has 1 unspecified atom stereocenters. The first-order valence-corrected chi connectivity index (χ1v) is 4.37. The van der Waals surface area contributed by atoms with Crippen molar-refractivity contribution in [3.63, 3.8) is 0 Å². The van der Waals surface area contributed by atoms with Crippen molar-refractivity contribution in [2.75, 3.05) is 0 Å². The van der Waals surface area contributed by atoms with E-state index in [9.17, 15) is 13.2 Å². The highest BCUT2D eigenvalue weighted by molar-refractivity contribution is 7.87. The van der Waals surface area contributed by atoms with Crippen LogP contribution in [0.2, 0.25) is 0 Å². The molecular weight excluding hydrogens is 216 g/mol. The molecule has 0 amide bonds. The minimum atomic E-state index is -4.26. The number of allylic oxidation sites excluding steroid dienone is 3. The molecule has 1 atom stereocenters. The summed E-state index contributed by atoms with van der Waals surface area (Å²) < 4.78 is 29.4. The van der Waals surface area contributed by atoms with Gasteiger partial charge in [0.05, 0.1) is 0 Å². The lowest BCUT2D eigenvalue weighted by Crippen LogP contribution is -2.27. The smallest absolute Gasteiger partial charge is 0.279 e. The maximum Gasteiger partial charge on any atom is 0.279 e. The van der Waals surface area contributed by atoms with Crippen LogP contribution < -0.4 is 0 Å². The molecule has 14 heavy (non-hydrogen) atoms. The Morgan fingerprint density at radius 2 is 1.64 bits per heavy atom. The summed E-state index contributed by atoms with van der Waals surface area (Å²) in [5, 5.41) is -1.41. The Morgan fingerprint density at radius 3 is 1.93 bits per heavy atom. The van der Waals surface area contributed by atoms with E-state index in [4.69, 9.17) is 4.55 Å². The van der Waals surface area contributed by atoms with Crippen LogP contribution >= 0.6 is 0 Å². The molecule has 0 saturated heterocycles. The van der Waals surface area contributed by atoms with Crippen molar-refractivity contribution in [1.29, 1.82) is 0 Å². The third-order valence-corrected chi connectivity index (χ3v) is 2.29. The molecule has 0 aromatic carbocycles. The topological polar surface area (TPSA) is 166 Å². The fraction of sp³-hybridized carbons (Fsp3) is 0.167. The molecule has 7 nitrogen and oxygen atoms in total. The first kappa shape index (κ1) is 18.7.